The van der Waals surface area contributed by atoms with Crippen LogP contribution in [0, 0.1) is 5.82 Å². The van der Waals surface area contributed by atoms with Crippen LogP contribution in [-0.4, -0.2) is 34.4 Å². The number of nitrogens with two attached hydrogens (primary N) is 1. The van der Waals surface area contributed by atoms with E-state index >= 15 is 0 Å². The molecule has 1 aromatic heterocycles. The van der Waals surface area contributed by atoms with Gasteiger partial charge in [0, 0.05) is 24.8 Å². The van der Waals surface area contributed by atoms with Crippen molar-refractivity contribution in [1.29, 1.82) is 0 Å². The van der Waals surface area contributed by atoms with Gasteiger partial charge in [0.05, 0.1) is 11.8 Å². The number of nitrogens with zero attached hydrogens (tertiary/aromatic N) is 2. The Labute approximate surface area is 99.6 Å². The molecule has 0 spiro atoms. The SMILES string of the molecule is CC1CC(N)CCN1C(=O)c1cncc(F)c1. The Morgan fingerprint density at radius 3 is 3.00 bits per heavy atom. The average Bonchev–Trinajstić information content (AvgIpc) is 2.28. The largest absolute Gasteiger partial charge is 0.336 e. The Morgan fingerprint density at radius 1 is 1.59 bits per heavy atom. The molecule has 1 amide bonds. The zero-order valence-corrected chi connectivity index (χ0v) is 9.77. The summed E-state index contributed by atoms with van der Waals surface area (Å²) in [5, 5.41) is 0. The lowest BCUT2D eigenvalue weighted by atomic mass is 9.98. The Bertz CT molecular complexity index is 424. The zero-order valence-electron chi connectivity index (χ0n) is 9.77. The summed E-state index contributed by atoms with van der Waals surface area (Å²) in [6.45, 7) is 2.58. The van der Waals surface area contributed by atoms with Crippen LogP contribution in [0.4, 0.5) is 4.39 Å². The van der Waals surface area contributed by atoms with Crippen molar-refractivity contribution >= 4 is 5.91 Å². The van der Waals surface area contributed by atoms with Gasteiger partial charge in [-0.05, 0) is 25.8 Å². The van der Waals surface area contributed by atoms with E-state index in [1.165, 1.54) is 12.3 Å². The van der Waals surface area contributed by atoms with Gasteiger partial charge in [-0.25, -0.2) is 4.39 Å². The van der Waals surface area contributed by atoms with Crippen molar-refractivity contribution in [3.8, 4) is 0 Å². The Balaban J connectivity index is 2.15. The predicted molar refractivity (Wildman–Crippen MR) is 61.9 cm³/mol. The Hall–Kier alpha value is -1.49. The number of hydrogen-bond donors (Lipinski definition) is 1. The molecule has 1 fully saturated rings. The highest BCUT2D eigenvalue weighted by atomic mass is 19.1. The van der Waals surface area contributed by atoms with Gasteiger partial charge in [0.2, 0.25) is 0 Å². The summed E-state index contributed by atoms with van der Waals surface area (Å²) in [6.07, 6.45) is 4.06. The van der Waals surface area contributed by atoms with E-state index in [0.29, 0.717) is 12.1 Å². The number of carbonyl (C=O) groups excluding carboxylic acids is 1. The van der Waals surface area contributed by atoms with E-state index < -0.39 is 5.82 Å². The van der Waals surface area contributed by atoms with E-state index in [1.54, 1.807) is 4.90 Å². The number of pyridine rings is 1. The molecule has 92 valence electrons. The standard InChI is InChI=1S/C12H16FN3O/c1-8-4-11(14)2-3-16(8)12(17)9-5-10(13)7-15-6-9/h5-8,11H,2-4,14H2,1H3. The highest BCUT2D eigenvalue weighted by Crippen LogP contribution is 2.18. The fraction of sp³-hybridized carbons (Fsp3) is 0.500. The molecule has 2 atom stereocenters. The molecule has 1 aliphatic rings. The maximum Gasteiger partial charge on any atom is 0.255 e. The molecule has 4 nitrogen and oxygen atoms in total. The topological polar surface area (TPSA) is 59.2 Å². The van der Waals surface area contributed by atoms with Crippen LogP contribution in [-0.2, 0) is 0 Å². The second kappa shape index (κ2) is 4.79. The van der Waals surface area contributed by atoms with E-state index in [-0.39, 0.29) is 18.0 Å². The van der Waals surface area contributed by atoms with Crippen molar-refractivity contribution in [1.82, 2.24) is 9.88 Å². The molecule has 0 bridgehead atoms. The van der Waals surface area contributed by atoms with Crippen molar-refractivity contribution in [3.05, 3.63) is 29.8 Å². The molecular weight excluding hydrogens is 221 g/mol. The van der Waals surface area contributed by atoms with Gasteiger partial charge in [-0.3, -0.25) is 9.78 Å². The summed E-state index contributed by atoms with van der Waals surface area (Å²) >= 11 is 0. The molecular formula is C12H16FN3O. The fourth-order valence-electron chi connectivity index (χ4n) is 2.20. The molecule has 2 heterocycles. The smallest absolute Gasteiger partial charge is 0.255 e. The second-order valence-corrected chi connectivity index (χ2v) is 4.52. The van der Waals surface area contributed by atoms with Crippen LogP contribution in [0.15, 0.2) is 18.5 Å². The number of amides is 1. The van der Waals surface area contributed by atoms with Gasteiger partial charge in [-0.15, -0.1) is 0 Å². The highest BCUT2D eigenvalue weighted by Gasteiger charge is 2.27. The molecule has 1 aromatic rings. The third-order valence-corrected chi connectivity index (χ3v) is 3.13. The summed E-state index contributed by atoms with van der Waals surface area (Å²) in [5.74, 6) is -0.659. The first-order valence-electron chi connectivity index (χ1n) is 5.75. The number of aromatic nitrogens is 1. The van der Waals surface area contributed by atoms with Crippen LogP contribution in [0.2, 0.25) is 0 Å². The lowest BCUT2D eigenvalue weighted by Gasteiger charge is -2.36. The lowest BCUT2D eigenvalue weighted by Crippen LogP contribution is -2.48. The summed E-state index contributed by atoms with van der Waals surface area (Å²) in [7, 11) is 0. The Morgan fingerprint density at radius 2 is 2.35 bits per heavy atom. The summed E-state index contributed by atoms with van der Waals surface area (Å²) < 4.78 is 13.0. The quantitative estimate of drug-likeness (QED) is 0.797. The van der Waals surface area contributed by atoms with Crippen molar-refractivity contribution in [2.75, 3.05) is 6.54 Å². The third kappa shape index (κ3) is 2.61. The second-order valence-electron chi connectivity index (χ2n) is 4.52. The molecule has 0 aliphatic carbocycles. The van der Waals surface area contributed by atoms with Crippen LogP contribution >= 0.6 is 0 Å². The molecule has 1 aliphatic heterocycles. The van der Waals surface area contributed by atoms with Crippen LogP contribution in [0.25, 0.3) is 0 Å². The summed E-state index contributed by atoms with van der Waals surface area (Å²) in [4.78, 5) is 17.6. The van der Waals surface area contributed by atoms with E-state index in [9.17, 15) is 9.18 Å². The average molecular weight is 237 g/mol. The van der Waals surface area contributed by atoms with Gasteiger partial charge >= 0.3 is 0 Å². The van der Waals surface area contributed by atoms with Crippen LogP contribution in [0.3, 0.4) is 0 Å². The first-order valence-corrected chi connectivity index (χ1v) is 5.75. The predicted octanol–water partition coefficient (Wildman–Crippen LogP) is 1.17. The van der Waals surface area contributed by atoms with Crippen LogP contribution in [0.5, 0.6) is 0 Å². The minimum absolute atomic E-state index is 0.0921. The van der Waals surface area contributed by atoms with E-state index in [2.05, 4.69) is 4.98 Å². The van der Waals surface area contributed by atoms with Crippen molar-refractivity contribution in [2.24, 2.45) is 5.73 Å². The third-order valence-electron chi connectivity index (χ3n) is 3.13. The molecule has 2 unspecified atom stereocenters. The van der Waals surface area contributed by atoms with Crippen LogP contribution < -0.4 is 5.73 Å². The Kier molecular flexibility index (Phi) is 3.38. The maximum absolute atomic E-state index is 13.0. The first-order chi connectivity index (χ1) is 8.08. The van der Waals surface area contributed by atoms with Gasteiger partial charge in [0.1, 0.15) is 5.82 Å². The molecule has 1 saturated heterocycles. The number of hydrogen-bond acceptors (Lipinski definition) is 3. The number of likely N-dealkylation sites (tertiary alicyclic amines) is 1. The lowest BCUT2D eigenvalue weighted by molar-refractivity contribution is 0.0618. The molecule has 2 N–H and O–H groups in total. The van der Waals surface area contributed by atoms with E-state index in [0.717, 1.165) is 19.0 Å². The minimum Gasteiger partial charge on any atom is -0.336 e. The number of rotatable bonds is 1. The zero-order chi connectivity index (χ0) is 12.4. The molecule has 5 heteroatoms. The van der Waals surface area contributed by atoms with Crippen molar-refractivity contribution in [2.45, 2.75) is 31.8 Å². The number of piperidine rings is 1. The molecule has 0 aromatic carbocycles. The van der Waals surface area contributed by atoms with Gasteiger partial charge in [-0.2, -0.15) is 0 Å². The molecule has 2 rings (SSSR count). The molecule has 0 saturated carbocycles. The minimum atomic E-state index is -0.489. The fourth-order valence-corrected chi connectivity index (χ4v) is 2.20. The molecule has 0 radical (unpaired) electrons. The van der Waals surface area contributed by atoms with E-state index in [1.807, 2.05) is 6.92 Å². The highest BCUT2D eigenvalue weighted by molar-refractivity contribution is 5.94. The first kappa shape index (κ1) is 12.0. The van der Waals surface area contributed by atoms with Crippen molar-refractivity contribution in [3.63, 3.8) is 0 Å². The van der Waals surface area contributed by atoms with Gasteiger partial charge < -0.3 is 10.6 Å². The van der Waals surface area contributed by atoms with Gasteiger partial charge in [0.15, 0.2) is 0 Å². The summed E-state index contributed by atoms with van der Waals surface area (Å²) in [5.41, 5.74) is 6.14. The number of halogens is 1. The molecule has 17 heavy (non-hydrogen) atoms. The number of carbonyl (C=O) groups is 1. The van der Waals surface area contributed by atoms with Crippen molar-refractivity contribution < 1.29 is 9.18 Å². The van der Waals surface area contributed by atoms with Crippen LogP contribution in [0.1, 0.15) is 30.1 Å². The van der Waals surface area contributed by atoms with Gasteiger partial charge in [-0.1, -0.05) is 0 Å². The maximum atomic E-state index is 13.0. The monoisotopic (exact) mass is 237 g/mol. The normalized spacial score (nSPS) is 24.8. The van der Waals surface area contributed by atoms with Gasteiger partial charge in [0.25, 0.3) is 5.91 Å². The van der Waals surface area contributed by atoms with E-state index in [4.69, 9.17) is 5.73 Å². The summed E-state index contributed by atoms with van der Waals surface area (Å²) in [6, 6.07) is 1.46.